The predicted molar refractivity (Wildman–Crippen MR) is 102 cm³/mol. The largest absolute Gasteiger partial charge is 0.505 e. The molecule has 4 aromatic rings. The third kappa shape index (κ3) is 2.67. The Kier molecular flexibility index (Phi) is 3.77. The minimum absolute atomic E-state index is 0.137. The summed E-state index contributed by atoms with van der Waals surface area (Å²) in [5.74, 6) is 0.197. The van der Waals surface area contributed by atoms with Crippen LogP contribution in [0.15, 0.2) is 47.3 Å². The van der Waals surface area contributed by atoms with Gasteiger partial charge < -0.3 is 19.2 Å². The summed E-state index contributed by atoms with van der Waals surface area (Å²) in [6, 6.07) is 6.83. The summed E-state index contributed by atoms with van der Waals surface area (Å²) in [4.78, 5) is 4.17. The van der Waals surface area contributed by atoms with Gasteiger partial charge in [0.2, 0.25) is 15.9 Å². The molecular weight excluding hydrogens is 370 g/mol. The third-order valence-corrected chi connectivity index (χ3v) is 5.73. The van der Waals surface area contributed by atoms with Crippen molar-refractivity contribution in [1.29, 1.82) is 0 Å². The smallest absolute Gasteiger partial charge is 0.232 e. The number of aromatic hydroxyl groups is 2. The van der Waals surface area contributed by atoms with Crippen LogP contribution in [-0.2, 0) is 16.6 Å². The summed E-state index contributed by atoms with van der Waals surface area (Å²) >= 11 is 0. The van der Waals surface area contributed by atoms with Gasteiger partial charge in [-0.25, -0.2) is 8.42 Å². The molecule has 0 bridgehead atoms. The lowest BCUT2D eigenvalue weighted by atomic mass is 10.1. The number of rotatable bonds is 4. The quantitative estimate of drug-likeness (QED) is 0.557. The van der Waals surface area contributed by atoms with Gasteiger partial charge in [0.05, 0.1) is 30.1 Å². The molecule has 140 valence electrons. The zero-order valence-corrected chi connectivity index (χ0v) is 15.4. The van der Waals surface area contributed by atoms with Gasteiger partial charge in [0.15, 0.2) is 5.75 Å². The number of hydrogen-bond acceptors (Lipinski definition) is 6. The average molecular weight is 387 g/mol. The number of furan rings is 1. The number of phenolic OH excluding ortho intramolecular Hbond substituents is 1. The number of aromatic nitrogens is 2. The Morgan fingerprint density at radius 2 is 2.00 bits per heavy atom. The first kappa shape index (κ1) is 17.2. The fourth-order valence-corrected chi connectivity index (χ4v) is 3.73. The molecule has 0 saturated carbocycles. The van der Waals surface area contributed by atoms with Crippen molar-refractivity contribution in [1.82, 2.24) is 9.55 Å². The molecular formula is C18H17N3O5S. The van der Waals surface area contributed by atoms with E-state index in [0.29, 0.717) is 22.2 Å². The number of benzene rings is 1. The maximum atomic E-state index is 12.2. The Hall–Kier alpha value is -3.20. The number of phenols is 1. The van der Waals surface area contributed by atoms with Crippen LogP contribution >= 0.6 is 0 Å². The second-order valence-corrected chi connectivity index (χ2v) is 8.29. The Morgan fingerprint density at radius 1 is 1.22 bits per heavy atom. The number of fused-ring (bicyclic) bond motifs is 2. The zero-order valence-electron chi connectivity index (χ0n) is 14.6. The first-order valence-corrected chi connectivity index (χ1v) is 9.91. The average Bonchev–Trinajstić information content (AvgIpc) is 3.23. The molecule has 0 fully saturated rings. The highest BCUT2D eigenvalue weighted by molar-refractivity contribution is 7.92. The second kappa shape index (κ2) is 5.92. The number of pyridine rings is 1. The molecule has 0 spiro atoms. The molecule has 0 radical (unpaired) electrons. The molecule has 9 heteroatoms. The van der Waals surface area contributed by atoms with Crippen LogP contribution in [0.1, 0.15) is 5.76 Å². The van der Waals surface area contributed by atoms with Gasteiger partial charge >= 0.3 is 0 Å². The molecule has 0 saturated heterocycles. The van der Waals surface area contributed by atoms with E-state index in [1.54, 1.807) is 30.5 Å². The second-order valence-electron chi connectivity index (χ2n) is 6.28. The SMILES string of the molecule is CN(c1c2cccnc2c(O)c2c(O)n(Cc3ccco3)cc12)S(C)(=O)=O. The molecule has 8 nitrogen and oxygen atoms in total. The fraction of sp³-hybridized carbons (Fsp3) is 0.167. The molecule has 0 aliphatic rings. The van der Waals surface area contributed by atoms with Crippen molar-refractivity contribution >= 4 is 37.4 Å². The highest BCUT2D eigenvalue weighted by Crippen LogP contribution is 2.46. The first-order valence-electron chi connectivity index (χ1n) is 8.06. The van der Waals surface area contributed by atoms with Crippen LogP contribution in [0.4, 0.5) is 5.69 Å². The Morgan fingerprint density at radius 3 is 2.67 bits per heavy atom. The lowest BCUT2D eigenvalue weighted by Crippen LogP contribution is -2.25. The van der Waals surface area contributed by atoms with Crippen LogP contribution in [0.3, 0.4) is 0 Å². The van der Waals surface area contributed by atoms with Gasteiger partial charge in [-0.15, -0.1) is 0 Å². The maximum absolute atomic E-state index is 12.2. The summed E-state index contributed by atoms with van der Waals surface area (Å²) in [6.45, 7) is 0.221. The highest BCUT2D eigenvalue weighted by Gasteiger charge is 2.26. The van der Waals surface area contributed by atoms with Crippen molar-refractivity contribution in [3.63, 3.8) is 0 Å². The van der Waals surface area contributed by atoms with Crippen molar-refractivity contribution in [2.45, 2.75) is 6.54 Å². The van der Waals surface area contributed by atoms with Crippen LogP contribution in [-0.4, -0.2) is 41.5 Å². The van der Waals surface area contributed by atoms with Crippen LogP contribution < -0.4 is 4.31 Å². The molecule has 3 aromatic heterocycles. The molecule has 0 amide bonds. The molecule has 2 N–H and O–H groups in total. The van der Waals surface area contributed by atoms with E-state index in [1.165, 1.54) is 24.1 Å². The van der Waals surface area contributed by atoms with Gasteiger partial charge in [-0.1, -0.05) is 0 Å². The first-order chi connectivity index (χ1) is 12.8. The van der Waals surface area contributed by atoms with E-state index in [1.807, 2.05) is 0 Å². The topological polar surface area (TPSA) is 109 Å². The van der Waals surface area contributed by atoms with Gasteiger partial charge in [-0.3, -0.25) is 9.29 Å². The number of anilines is 1. The Bertz CT molecular complexity index is 1260. The Balaban J connectivity index is 2.10. The van der Waals surface area contributed by atoms with Crippen LogP contribution in [0.2, 0.25) is 0 Å². The highest BCUT2D eigenvalue weighted by atomic mass is 32.2. The van der Waals surface area contributed by atoms with Crippen LogP contribution in [0.5, 0.6) is 11.6 Å². The van der Waals surface area contributed by atoms with E-state index in [4.69, 9.17) is 4.42 Å². The maximum Gasteiger partial charge on any atom is 0.232 e. The molecule has 4 rings (SSSR count). The lowest BCUT2D eigenvalue weighted by Gasteiger charge is -2.20. The van der Waals surface area contributed by atoms with Gasteiger partial charge in [-0.2, -0.15) is 0 Å². The molecule has 1 aromatic carbocycles. The summed E-state index contributed by atoms with van der Waals surface area (Å²) in [5.41, 5.74) is 0.545. The van der Waals surface area contributed by atoms with Gasteiger partial charge in [0.25, 0.3) is 0 Å². The van der Waals surface area contributed by atoms with Crippen molar-refractivity contribution in [3.8, 4) is 11.6 Å². The summed E-state index contributed by atoms with van der Waals surface area (Å²) in [7, 11) is -2.17. The minimum atomic E-state index is -3.59. The van der Waals surface area contributed by atoms with E-state index in [2.05, 4.69) is 4.98 Å². The Labute approximate surface area is 154 Å². The zero-order chi connectivity index (χ0) is 19.3. The van der Waals surface area contributed by atoms with Gasteiger partial charge in [-0.05, 0) is 24.3 Å². The standard InChI is InChI=1S/C18H17N3O5S/c1-20(27(2,24)25)16-12-6-3-7-19-15(12)17(22)14-13(16)10-21(18(14)23)9-11-5-4-8-26-11/h3-8,10,22-23H,9H2,1-2H3. The van der Waals surface area contributed by atoms with Crippen LogP contribution in [0, 0.1) is 0 Å². The van der Waals surface area contributed by atoms with Crippen molar-refractivity contribution in [2.75, 3.05) is 17.6 Å². The molecule has 27 heavy (non-hydrogen) atoms. The third-order valence-electron chi connectivity index (χ3n) is 4.55. The predicted octanol–water partition coefficient (Wildman–Crippen LogP) is 2.64. The van der Waals surface area contributed by atoms with Crippen LogP contribution in [0.25, 0.3) is 21.7 Å². The van der Waals surface area contributed by atoms with Gasteiger partial charge in [0.1, 0.15) is 11.3 Å². The molecule has 0 unspecified atom stereocenters. The van der Waals surface area contributed by atoms with Gasteiger partial charge in [0, 0.05) is 30.2 Å². The summed E-state index contributed by atoms with van der Waals surface area (Å²) in [6.07, 6.45) is 5.70. The molecule has 0 aliphatic heterocycles. The van der Waals surface area contributed by atoms with E-state index in [0.717, 1.165) is 10.6 Å². The van der Waals surface area contributed by atoms with E-state index < -0.39 is 10.0 Å². The number of nitrogens with zero attached hydrogens (tertiary/aromatic N) is 3. The lowest BCUT2D eigenvalue weighted by molar-refractivity contribution is 0.410. The van der Waals surface area contributed by atoms with Crippen molar-refractivity contribution in [2.24, 2.45) is 0 Å². The fourth-order valence-electron chi connectivity index (χ4n) is 3.20. The van der Waals surface area contributed by atoms with Crippen molar-refractivity contribution < 1.29 is 23.0 Å². The molecule has 0 atom stereocenters. The van der Waals surface area contributed by atoms with E-state index >= 15 is 0 Å². The molecule has 0 aliphatic carbocycles. The number of hydrogen-bond donors (Lipinski definition) is 2. The van der Waals surface area contributed by atoms with E-state index in [-0.39, 0.29) is 29.1 Å². The van der Waals surface area contributed by atoms with Crippen molar-refractivity contribution in [3.05, 3.63) is 48.7 Å². The normalized spacial score (nSPS) is 12.1. The molecule has 3 heterocycles. The minimum Gasteiger partial charge on any atom is -0.505 e. The van der Waals surface area contributed by atoms with E-state index in [9.17, 15) is 18.6 Å². The number of sulfonamides is 1. The summed E-state index contributed by atoms with van der Waals surface area (Å²) in [5, 5.41) is 22.4. The summed E-state index contributed by atoms with van der Waals surface area (Å²) < 4.78 is 32.3. The monoisotopic (exact) mass is 387 g/mol.